The molecule has 3 aliphatic heterocycles. The van der Waals surface area contributed by atoms with Gasteiger partial charge in [-0.15, -0.1) is 0 Å². The number of carboxylic acid groups (broad SMARTS) is 1. The molecule has 3 fully saturated rings. The highest BCUT2D eigenvalue weighted by Gasteiger charge is 2.56. The number of amides is 4. The maximum atomic E-state index is 13.1. The molecule has 2 aromatic rings. The minimum Gasteiger partial charge on any atom is -0.480 e. The monoisotopic (exact) mass is 544 g/mol. The highest BCUT2D eigenvalue weighted by atomic mass is 16.4. The van der Waals surface area contributed by atoms with Crippen molar-refractivity contribution in [2.75, 3.05) is 39.3 Å². The molecule has 40 heavy (non-hydrogen) atoms. The molecule has 9 nitrogen and oxygen atoms in total. The number of β-lactam (4-membered cyclic amide) rings is 1. The molecule has 0 unspecified atom stereocenters. The van der Waals surface area contributed by atoms with Gasteiger partial charge >= 0.3 is 12.0 Å². The van der Waals surface area contributed by atoms with E-state index >= 15 is 0 Å². The van der Waals surface area contributed by atoms with Gasteiger partial charge in [-0.3, -0.25) is 9.59 Å². The second-order valence-electron chi connectivity index (χ2n) is 10.8. The molecule has 4 amide bonds. The van der Waals surface area contributed by atoms with Crippen LogP contribution >= 0.6 is 0 Å². The Morgan fingerprint density at radius 1 is 0.850 bits per heavy atom. The van der Waals surface area contributed by atoms with Gasteiger partial charge < -0.3 is 20.2 Å². The number of aliphatic carboxylic acids is 1. The van der Waals surface area contributed by atoms with Gasteiger partial charge in [-0.1, -0.05) is 66.7 Å². The summed E-state index contributed by atoms with van der Waals surface area (Å²) in [5.74, 6) is -1.90. The van der Waals surface area contributed by atoms with E-state index in [0.717, 1.165) is 47.5 Å². The zero-order chi connectivity index (χ0) is 28.1. The number of piperidine rings is 1. The van der Waals surface area contributed by atoms with Crippen LogP contribution in [0.4, 0.5) is 4.79 Å². The van der Waals surface area contributed by atoms with Gasteiger partial charge in [-0.25, -0.2) is 14.5 Å². The summed E-state index contributed by atoms with van der Waals surface area (Å²) in [5, 5.41) is 13.1. The topological polar surface area (TPSA) is 110 Å². The summed E-state index contributed by atoms with van der Waals surface area (Å²) in [4.78, 5) is 55.1. The molecule has 3 aliphatic rings. The number of piperazine rings is 1. The lowest BCUT2D eigenvalue weighted by Crippen LogP contribution is -2.69. The zero-order valence-electron chi connectivity index (χ0n) is 22.6. The first-order valence-corrected chi connectivity index (χ1v) is 14.1. The molecular formula is C31H36N4O5. The van der Waals surface area contributed by atoms with E-state index in [1.165, 1.54) is 4.90 Å². The van der Waals surface area contributed by atoms with Gasteiger partial charge in [0.05, 0.1) is 12.3 Å². The van der Waals surface area contributed by atoms with Crippen LogP contribution in [0.2, 0.25) is 0 Å². The third kappa shape index (κ3) is 6.25. The number of likely N-dealkylation sites (tertiary alicyclic amines) is 1. The van der Waals surface area contributed by atoms with Crippen molar-refractivity contribution in [3.05, 3.63) is 71.3 Å². The van der Waals surface area contributed by atoms with E-state index in [2.05, 4.69) is 5.32 Å². The molecule has 0 saturated carbocycles. The molecule has 2 aromatic carbocycles. The van der Waals surface area contributed by atoms with Crippen LogP contribution in [-0.4, -0.2) is 88.9 Å². The minimum atomic E-state index is -1.14. The molecule has 0 spiro atoms. The molecule has 0 aliphatic carbocycles. The van der Waals surface area contributed by atoms with E-state index in [9.17, 15) is 24.3 Å². The maximum Gasteiger partial charge on any atom is 0.327 e. The second kappa shape index (κ2) is 12.5. The normalized spacial score (nSPS) is 21.9. The first kappa shape index (κ1) is 27.6. The number of urea groups is 1. The molecule has 0 aromatic heterocycles. The fourth-order valence-corrected chi connectivity index (χ4v) is 5.84. The highest BCUT2D eigenvalue weighted by molar-refractivity contribution is 6.07. The van der Waals surface area contributed by atoms with Crippen molar-refractivity contribution in [2.45, 2.75) is 31.7 Å². The van der Waals surface area contributed by atoms with Crippen LogP contribution in [-0.2, 0) is 20.8 Å². The molecule has 2 N–H and O–H groups in total. The molecule has 0 bridgehead atoms. The lowest BCUT2D eigenvalue weighted by molar-refractivity contribution is -0.167. The summed E-state index contributed by atoms with van der Waals surface area (Å²) in [6.45, 7) is 2.96. The largest absolute Gasteiger partial charge is 0.480 e. The van der Waals surface area contributed by atoms with Crippen LogP contribution in [0, 0.1) is 11.8 Å². The SMILES string of the molecule is O=C(O)[C@@H]1[C@@H](CC2CCNCC2)C(=O)N1C(=O)N1CCN(C(=O)Cc2ccc(C=Cc3ccccc3)cc2)CC1. The number of hydrogen-bond acceptors (Lipinski definition) is 5. The fraction of sp³-hybridized carbons (Fsp3) is 0.419. The molecule has 9 heteroatoms. The van der Waals surface area contributed by atoms with Crippen LogP contribution in [0.15, 0.2) is 54.6 Å². The van der Waals surface area contributed by atoms with Crippen LogP contribution < -0.4 is 5.32 Å². The van der Waals surface area contributed by atoms with Crippen LogP contribution in [0.25, 0.3) is 12.2 Å². The van der Waals surface area contributed by atoms with E-state index in [0.29, 0.717) is 25.4 Å². The molecule has 3 saturated heterocycles. The number of nitrogens with zero attached hydrogens (tertiary/aromatic N) is 3. The first-order chi connectivity index (χ1) is 19.4. The summed E-state index contributed by atoms with van der Waals surface area (Å²) in [5.41, 5.74) is 3.08. The number of imide groups is 1. The van der Waals surface area contributed by atoms with E-state index in [-0.39, 0.29) is 25.4 Å². The van der Waals surface area contributed by atoms with Crippen LogP contribution in [0.1, 0.15) is 36.0 Å². The molecule has 210 valence electrons. The van der Waals surface area contributed by atoms with Gasteiger partial charge in [0.25, 0.3) is 0 Å². The Labute approximate surface area is 234 Å². The summed E-state index contributed by atoms with van der Waals surface area (Å²) < 4.78 is 0. The van der Waals surface area contributed by atoms with Gasteiger partial charge in [0.15, 0.2) is 6.04 Å². The van der Waals surface area contributed by atoms with Crippen molar-refractivity contribution in [2.24, 2.45) is 11.8 Å². The average molecular weight is 545 g/mol. The van der Waals surface area contributed by atoms with Gasteiger partial charge in [0.1, 0.15) is 0 Å². The van der Waals surface area contributed by atoms with Gasteiger partial charge in [-0.2, -0.15) is 0 Å². The average Bonchev–Trinajstić information content (AvgIpc) is 2.98. The van der Waals surface area contributed by atoms with E-state index < -0.39 is 29.9 Å². The highest BCUT2D eigenvalue weighted by Crippen LogP contribution is 2.35. The van der Waals surface area contributed by atoms with Gasteiger partial charge in [0, 0.05) is 26.2 Å². The standard InChI is InChI=1S/C31H36N4O5/c36-27(21-24-10-8-23(9-11-24)7-6-22-4-2-1-3-5-22)33-16-18-34(19-17-33)31(40)35-28(30(38)39)26(29(35)37)20-25-12-14-32-15-13-25/h1-11,25-26,28,32H,12-21H2,(H,38,39)/t26-,28+/m1/s1. The number of carbonyl (C=O) groups excluding carboxylic acids is 3. The third-order valence-electron chi connectivity index (χ3n) is 8.22. The second-order valence-corrected chi connectivity index (χ2v) is 10.8. The number of rotatable bonds is 7. The number of benzene rings is 2. The van der Waals surface area contributed by atoms with Crippen molar-refractivity contribution < 1.29 is 24.3 Å². The molecular weight excluding hydrogens is 508 g/mol. The molecule has 2 atom stereocenters. The molecule has 5 rings (SSSR count). The van der Waals surface area contributed by atoms with E-state index in [4.69, 9.17) is 0 Å². The third-order valence-corrected chi connectivity index (χ3v) is 8.22. The Hall–Kier alpha value is -3.98. The van der Waals surface area contributed by atoms with Crippen molar-refractivity contribution >= 4 is 36.0 Å². The minimum absolute atomic E-state index is 0.0230. The van der Waals surface area contributed by atoms with E-state index in [1.807, 2.05) is 66.7 Å². The van der Waals surface area contributed by atoms with Crippen molar-refractivity contribution in [1.82, 2.24) is 20.0 Å². The van der Waals surface area contributed by atoms with Gasteiger partial charge in [0.2, 0.25) is 11.8 Å². The Morgan fingerprint density at radius 3 is 2.08 bits per heavy atom. The van der Waals surface area contributed by atoms with Crippen molar-refractivity contribution in [3.63, 3.8) is 0 Å². The lowest BCUT2D eigenvalue weighted by atomic mass is 9.78. The smallest absolute Gasteiger partial charge is 0.327 e. The number of carboxylic acids is 1. The number of hydrogen-bond donors (Lipinski definition) is 2. The van der Waals surface area contributed by atoms with Crippen LogP contribution in [0.5, 0.6) is 0 Å². The predicted octanol–water partition coefficient (Wildman–Crippen LogP) is 2.97. The Morgan fingerprint density at radius 2 is 1.45 bits per heavy atom. The zero-order valence-corrected chi connectivity index (χ0v) is 22.6. The van der Waals surface area contributed by atoms with Gasteiger partial charge in [-0.05, 0) is 55.0 Å². The van der Waals surface area contributed by atoms with E-state index in [1.54, 1.807) is 4.90 Å². The summed E-state index contributed by atoms with van der Waals surface area (Å²) in [6.07, 6.45) is 6.67. The summed E-state index contributed by atoms with van der Waals surface area (Å²) in [7, 11) is 0. The lowest BCUT2D eigenvalue weighted by Gasteiger charge is -2.47. The Bertz CT molecular complexity index is 1250. The number of carbonyl (C=O) groups is 4. The van der Waals surface area contributed by atoms with Crippen LogP contribution in [0.3, 0.4) is 0 Å². The number of nitrogens with one attached hydrogen (secondary N) is 1. The molecule has 0 radical (unpaired) electrons. The first-order valence-electron chi connectivity index (χ1n) is 14.1. The summed E-state index contributed by atoms with van der Waals surface area (Å²) >= 11 is 0. The Balaban J connectivity index is 1.10. The summed E-state index contributed by atoms with van der Waals surface area (Å²) in [6, 6.07) is 16.2. The fourth-order valence-electron chi connectivity index (χ4n) is 5.84. The van der Waals surface area contributed by atoms with Crippen molar-refractivity contribution in [1.29, 1.82) is 0 Å². The van der Waals surface area contributed by atoms with Crippen molar-refractivity contribution in [3.8, 4) is 0 Å². The quantitative estimate of drug-likeness (QED) is 0.410. The maximum absolute atomic E-state index is 13.1. The Kier molecular flexibility index (Phi) is 8.60. The predicted molar refractivity (Wildman–Crippen MR) is 151 cm³/mol. The molecule has 3 heterocycles.